The van der Waals surface area contributed by atoms with E-state index in [2.05, 4.69) is 4.98 Å². The number of benzene rings is 2. The van der Waals surface area contributed by atoms with Crippen molar-refractivity contribution in [1.29, 1.82) is 0 Å². The van der Waals surface area contributed by atoms with E-state index in [0.29, 0.717) is 18.2 Å². The van der Waals surface area contributed by atoms with Crippen molar-refractivity contribution in [3.05, 3.63) is 106 Å². The predicted molar refractivity (Wildman–Crippen MR) is 115 cm³/mol. The summed E-state index contributed by atoms with van der Waals surface area (Å²) in [5, 5.41) is 0.453. The minimum atomic E-state index is -0.464. The van der Waals surface area contributed by atoms with E-state index in [1.807, 2.05) is 42.7 Å². The van der Waals surface area contributed by atoms with Gasteiger partial charge in [0.05, 0.1) is 23.3 Å². The molecule has 0 atom stereocenters. The van der Waals surface area contributed by atoms with Crippen LogP contribution in [0.4, 0.5) is 0 Å². The van der Waals surface area contributed by atoms with Gasteiger partial charge in [-0.25, -0.2) is 0 Å². The summed E-state index contributed by atoms with van der Waals surface area (Å²) in [5.74, 6) is -0.464. The van der Waals surface area contributed by atoms with Crippen LogP contribution in [0.1, 0.15) is 32.0 Å². The van der Waals surface area contributed by atoms with Crippen LogP contribution in [0, 0.1) is 0 Å². The first kappa shape index (κ1) is 18.6. The summed E-state index contributed by atoms with van der Waals surface area (Å²) in [4.78, 5) is 42.1. The van der Waals surface area contributed by atoms with E-state index in [-0.39, 0.29) is 22.1 Å². The number of ketones is 1. The van der Waals surface area contributed by atoms with Crippen molar-refractivity contribution < 1.29 is 9.59 Å². The van der Waals surface area contributed by atoms with Gasteiger partial charge in [-0.15, -0.1) is 0 Å². The number of hydrogen-bond donors (Lipinski definition) is 0. The largest absolute Gasteiger partial charge is 0.340 e. The molecule has 6 heteroatoms. The van der Waals surface area contributed by atoms with Crippen molar-refractivity contribution in [3.8, 4) is 0 Å². The lowest BCUT2D eigenvalue weighted by atomic mass is 9.98. The van der Waals surface area contributed by atoms with Gasteiger partial charge in [0.2, 0.25) is 5.43 Å². The standard InChI is InChI=1S/C23H17BN2O3/c24-21-11-5-7-16(25-21)12-26-13-19(23(29)18-9-3-4-10-20(18)26)22(28)17-8-2-1-6-15(17)14-27/h1-11,13-14H,12,24H2. The molecule has 0 aliphatic heterocycles. The predicted octanol–water partition coefficient (Wildman–Crippen LogP) is 1.75. The highest BCUT2D eigenvalue weighted by Crippen LogP contribution is 2.17. The zero-order chi connectivity index (χ0) is 20.4. The van der Waals surface area contributed by atoms with Crippen LogP contribution in [0.25, 0.3) is 10.9 Å². The van der Waals surface area contributed by atoms with E-state index in [1.54, 1.807) is 42.6 Å². The van der Waals surface area contributed by atoms with Crippen LogP contribution in [-0.4, -0.2) is 29.5 Å². The molecular formula is C23H17BN2O3. The van der Waals surface area contributed by atoms with E-state index >= 15 is 0 Å². The number of fused-ring (bicyclic) bond motifs is 1. The molecule has 0 aliphatic rings. The second-order valence-electron chi connectivity index (χ2n) is 6.82. The Kier molecular flexibility index (Phi) is 4.91. The quantitative estimate of drug-likeness (QED) is 0.301. The smallest absolute Gasteiger partial charge is 0.200 e. The summed E-state index contributed by atoms with van der Waals surface area (Å²) in [7, 11) is 1.92. The first-order valence-electron chi connectivity index (χ1n) is 9.22. The van der Waals surface area contributed by atoms with Gasteiger partial charge in [0.25, 0.3) is 0 Å². The Morgan fingerprint density at radius 2 is 1.72 bits per heavy atom. The Hall–Kier alpha value is -3.80. The molecule has 140 valence electrons. The molecule has 0 fully saturated rings. The van der Waals surface area contributed by atoms with Crippen LogP contribution in [-0.2, 0) is 6.54 Å². The fourth-order valence-electron chi connectivity index (χ4n) is 3.45. The number of aromatic nitrogens is 2. The Balaban J connectivity index is 1.91. The van der Waals surface area contributed by atoms with Gasteiger partial charge in [0.1, 0.15) is 0 Å². The monoisotopic (exact) mass is 380 g/mol. The maximum Gasteiger partial charge on any atom is 0.200 e. The number of aldehydes is 1. The average Bonchev–Trinajstić information content (AvgIpc) is 2.75. The number of rotatable bonds is 5. The van der Waals surface area contributed by atoms with Gasteiger partial charge >= 0.3 is 0 Å². The topological polar surface area (TPSA) is 69.0 Å². The number of nitrogens with zero attached hydrogens (tertiary/aromatic N) is 2. The number of carbonyl (C=O) groups is 2. The molecule has 2 aromatic carbocycles. The molecule has 0 aliphatic carbocycles. The Morgan fingerprint density at radius 1 is 0.966 bits per heavy atom. The minimum Gasteiger partial charge on any atom is -0.340 e. The minimum absolute atomic E-state index is 0.0330. The highest BCUT2D eigenvalue weighted by molar-refractivity contribution is 6.30. The number of pyridine rings is 2. The number of hydrogen-bond acceptors (Lipinski definition) is 4. The molecule has 0 unspecified atom stereocenters. The lowest BCUT2D eigenvalue weighted by Crippen LogP contribution is -2.21. The van der Waals surface area contributed by atoms with E-state index in [0.717, 1.165) is 16.8 Å². The van der Waals surface area contributed by atoms with Crippen molar-refractivity contribution in [1.82, 2.24) is 9.55 Å². The summed E-state index contributed by atoms with van der Waals surface area (Å²) in [6, 6.07) is 19.4. The highest BCUT2D eigenvalue weighted by atomic mass is 16.1. The first-order valence-corrected chi connectivity index (χ1v) is 9.22. The third-order valence-electron chi connectivity index (χ3n) is 4.84. The van der Waals surface area contributed by atoms with Crippen molar-refractivity contribution in [2.45, 2.75) is 6.54 Å². The summed E-state index contributed by atoms with van der Waals surface area (Å²) in [6.07, 6.45) is 2.20. The zero-order valence-corrected chi connectivity index (χ0v) is 15.8. The highest BCUT2D eigenvalue weighted by Gasteiger charge is 2.19. The van der Waals surface area contributed by atoms with Crippen LogP contribution in [0.5, 0.6) is 0 Å². The fourth-order valence-corrected chi connectivity index (χ4v) is 3.45. The average molecular weight is 380 g/mol. The van der Waals surface area contributed by atoms with Gasteiger partial charge in [-0.3, -0.25) is 19.4 Å². The number of para-hydroxylation sites is 1. The van der Waals surface area contributed by atoms with E-state index < -0.39 is 5.78 Å². The summed E-state index contributed by atoms with van der Waals surface area (Å²) in [5.41, 5.74) is 2.60. The van der Waals surface area contributed by atoms with Gasteiger partial charge < -0.3 is 4.57 Å². The molecule has 0 N–H and O–H groups in total. The lowest BCUT2D eigenvalue weighted by Gasteiger charge is -2.14. The second kappa shape index (κ2) is 7.68. The SMILES string of the molecule is Bc1cccc(Cn2cc(C(=O)c3ccccc3C=O)c(=O)c3ccccc32)n1. The molecule has 2 heterocycles. The molecule has 0 amide bonds. The van der Waals surface area contributed by atoms with E-state index in [4.69, 9.17) is 0 Å². The molecule has 0 spiro atoms. The first-order chi connectivity index (χ1) is 14.1. The Bertz CT molecular complexity index is 1310. The lowest BCUT2D eigenvalue weighted by molar-refractivity contribution is 0.102. The summed E-state index contributed by atoms with van der Waals surface area (Å²) >= 11 is 0. The zero-order valence-electron chi connectivity index (χ0n) is 15.8. The second-order valence-corrected chi connectivity index (χ2v) is 6.82. The van der Waals surface area contributed by atoms with Crippen LogP contribution >= 0.6 is 0 Å². The van der Waals surface area contributed by atoms with Gasteiger partial charge in [0.15, 0.2) is 19.9 Å². The van der Waals surface area contributed by atoms with Crippen molar-refractivity contribution >= 4 is 36.4 Å². The molecule has 2 aromatic heterocycles. The molecular weight excluding hydrogens is 363 g/mol. The molecule has 0 saturated heterocycles. The van der Waals surface area contributed by atoms with Crippen molar-refractivity contribution in [2.24, 2.45) is 0 Å². The molecule has 4 rings (SSSR count). The third-order valence-corrected chi connectivity index (χ3v) is 4.84. The Labute approximate surface area is 168 Å². The molecule has 0 radical (unpaired) electrons. The Morgan fingerprint density at radius 3 is 2.52 bits per heavy atom. The molecule has 29 heavy (non-hydrogen) atoms. The molecule has 4 aromatic rings. The van der Waals surface area contributed by atoms with E-state index in [9.17, 15) is 14.4 Å². The van der Waals surface area contributed by atoms with Gasteiger partial charge in [-0.05, 0) is 23.8 Å². The van der Waals surface area contributed by atoms with Crippen molar-refractivity contribution in [2.75, 3.05) is 0 Å². The van der Waals surface area contributed by atoms with Crippen LogP contribution in [0.3, 0.4) is 0 Å². The molecule has 0 saturated carbocycles. The summed E-state index contributed by atoms with van der Waals surface area (Å²) in [6.45, 7) is 0.415. The van der Waals surface area contributed by atoms with E-state index in [1.165, 1.54) is 0 Å². The molecule has 5 nitrogen and oxygen atoms in total. The summed E-state index contributed by atoms with van der Waals surface area (Å²) < 4.78 is 1.86. The van der Waals surface area contributed by atoms with Gasteiger partial charge in [0, 0.05) is 22.7 Å². The normalized spacial score (nSPS) is 10.8. The maximum absolute atomic E-state index is 13.2. The van der Waals surface area contributed by atoms with Crippen LogP contribution in [0.15, 0.2) is 77.7 Å². The maximum atomic E-state index is 13.2. The van der Waals surface area contributed by atoms with Gasteiger partial charge in [-0.2, -0.15) is 0 Å². The van der Waals surface area contributed by atoms with Crippen molar-refractivity contribution in [3.63, 3.8) is 0 Å². The van der Waals surface area contributed by atoms with Crippen LogP contribution < -0.4 is 11.0 Å². The molecule has 0 bridgehead atoms. The fraction of sp³-hybridized carbons (Fsp3) is 0.0435. The van der Waals surface area contributed by atoms with Crippen LogP contribution in [0.2, 0.25) is 0 Å². The van der Waals surface area contributed by atoms with Gasteiger partial charge in [-0.1, -0.05) is 48.5 Å². The number of carbonyl (C=O) groups excluding carboxylic acids is 2. The third kappa shape index (κ3) is 3.52.